The number of halogens is 1. The first kappa shape index (κ1) is 17.5. The van der Waals surface area contributed by atoms with Crippen molar-refractivity contribution in [2.75, 3.05) is 13.2 Å². The first-order chi connectivity index (χ1) is 11.2. The van der Waals surface area contributed by atoms with Gasteiger partial charge in [-0.2, -0.15) is 0 Å². The summed E-state index contributed by atoms with van der Waals surface area (Å²) in [7, 11) is 0. The molecule has 0 saturated heterocycles. The van der Waals surface area contributed by atoms with Gasteiger partial charge in [-0.3, -0.25) is 4.79 Å². The van der Waals surface area contributed by atoms with E-state index < -0.39 is 0 Å². The maximum absolute atomic E-state index is 10.7. The highest BCUT2D eigenvalue weighted by atomic mass is 79.9. The summed E-state index contributed by atoms with van der Waals surface area (Å²) in [6.45, 7) is 5.28. The van der Waals surface area contributed by atoms with Gasteiger partial charge in [0.2, 0.25) is 0 Å². The molecule has 0 aliphatic heterocycles. The minimum atomic E-state index is 0.438. The molecule has 2 rings (SSSR count). The predicted octanol–water partition coefficient (Wildman–Crippen LogP) is 5.23. The number of ether oxygens (including phenoxy) is 2. The molecule has 0 heterocycles. The summed E-state index contributed by atoms with van der Waals surface area (Å²) in [5, 5.41) is 0. The molecule has 3 nitrogen and oxygen atoms in total. The van der Waals surface area contributed by atoms with E-state index in [0.717, 1.165) is 22.9 Å². The van der Waals surface area contributed by atoms with E-state index in [2.05, 4.69) is 35.8 Å². The highest BCUT2D eigenvalue weighted by molar-refractivity contribution is 9.10. The Morgan fingerprint density at radius 3 is 2.43 bits per heavy atom. The van der Waals surface area contributed by atoms with Crippen LogP contribution in [-0.2, 0) is 0 Å². The number of hydrogen-bond donors (Lipinski definition) is 0. The second-order valence-electron chi connectivity index (χ2n) is 5.35. The summed E-state index contributed by atoms with van der Waals surface area (Å²) in [5.74, 6) is 2.09. The molecule has 0 saturated carbocycles. The Morgan fingerprint density at radius 2 is 1.78 bits per heavy atom. The Kier molecular flexibility index (Phi) is 6.66. The molecule has 2 aromatic carbocycles. The lowest BCUT2D eigenvalue weighted by Crippen LogP contribution is -2.10. The molecule has 0 fully saturated rings. The average Bonchev–Trinajstić information content (AvgIpc) is 2.59. The number of benzene rings is 2. The molecule has 0 aliphatic carbocycles. The van der Waals surface area contributed by atoms with Gasteiger partial charge in [-0.25, -0.2) is 0 Å². The normalized spacial score (nSPS) is 11.8. The van der Waals surface area contributed by atoms with Crippen LogP contribution in [0.15, 0.2) is 46.9 Å². The zero-order valence-electron chi connectivity index (χ0n) is 13.4. The lowest BCUT2D eigenvalue weighted by Gasteiger charge is -2.16. The van der Waals surface area contributed by atoms with Gasteiger partial charge in [0.15, 0.2) is 0 Å². The number of hydrogen-bond acceptors (Lipinski definition) is 3. The van der Waals surface area contributed by atoms with Crippen molar-refractivity contribution >= 4 is 22.2 Å². The third-order valence-corrected chi connectivity index (χ3v) is 4.37. The summed E-state index contributed by atoms with van der Waals surface area (Å²) >= 11 is 3.40. The Balaban J connectivity index is 1.90. The van der Waals surface area contributed by atoms with Crippen LogP contribution < -0.4 is 9.47 Å². The third kappa shape index (κ3) is 4.83. The van der Waals surface area contributed by atoms with Gasteiger partial charge < -0.3 is 9.47 Å². The Bertz CT molecular complexity index is 655. The van der Waals surface area contributed by atoms with E-state index in [1.165, 1.54) is 5.56 Å². The first-order valence-electron chi connectivity index (χ1n) is 7.75. The molecule has 0 radical (unpaired) electrons. The molecule has 122 valence electrons. The summed E-state index contributed by atoms with van der Waals surface area (Å²) in [6, 6.07) is 13.4. The van der Waals surface area contributed by atoms with E-state index in [1.807, 2.05) is 18.2 Å². The molecule has 0 bridgehead atoms. The van der Waals surface area contributed by atoms with E-state index in [9.17, 15) is 4.79 Å². The van der Waals surface area contributed by atoms with Crippen molar-refractivity contribution in [3.8, 4) is 11.5 Å². The van der Waals surface area contributed by atoms with Gasteiger partial charge in [0.25, 0.3) is 0 Å². The van der Waals surface area contributed by atoms with Gasteiger partial charge in [0, 0.05) is 5.56 Å². The van der Waals surface area contributed by atoms with E-state index in [1.54, 1.807) is 18.2 Å². The molecule has 0 aromatic heterocycles. The van der Waals surface area contributed by atoms with Crippen LogP contribution in [0.1, 0.15) is 42.1 Å². The minimum absolute atomic E-state index is 0.438. The van der Waals surface area contributed by atoms with Crippen molar-refractivity contribution in [2.24, 2.45) is 0 Å². The Labute approximate surface area is 145 Å². The number of para-hydroxylation sites is 1. The smallest absolute Gasteiger partial charge is 0.150 e. The van der Waals surface area contributed by atoms with Gasteiger partial charge >= 0.3 is 0 Å². The molecule has 0 aliphatic rings. The zero-order valence-corrected chi connectivity index (χ0v) is 15.0. The van der Waals surface area contributed by atoms with Crippen LogP contribution in [0.4, 0.5) is 0 Å². The summed E-state index contributed by atoms with van der Waals surface area (Å²) in [5.41, 5.74) is 1.84. The van der Waals surface area contributed by atoms with Crippen LogP contribution >= 0.6 is 15.9 Å². The molecule has 23 heavy (non-hydrogen) atoms. The summed E-state index contributed by atoms with van der Waals surface area (Å²) in [6.07, 6.45) is 1.89. The highest BCUT2D eigenvalue weighted by Gasteiger charge is 2.09. The van der Waals surface area contributed by atoms with Gasteiger partial charge in [0.1, 0.15) is 31.0 Å². The molecule has 1 atom stereocenters. The third-order valence-electron chi connectivity index (χ3n) is 3.75. The lowest BCUT2D eigenvalue weighted by molar-refractivity contribution is 0.112. The van der Waals surface area contributed by atoms with Crippen molar-refractivity contribution in [2.45, 2.75) is 26.2 Å². The van der Waals surface area contributed by atoms with Crippen LogP contribution in [0, 0.1) is 0 Å². The van der Waals surface area contributed by atoms with Crippen molar-refractivity contribution in [1.82, 2.24) is 0 Å². The predicted molar refractivity (Wildman–Crippen MR) is 95.7 cm³/mol. The Hall–Kier alpha value is -1.81. The zero-order chi connectivity index (χ0) is 16.7. The van der Waals surface area contributed by atoms with Crippen molar-refractivity contribution in [1.29, 1.82) is 0 Å². The second-order valence-corrected chi connectivity index (χ2v) is 6.21. The van der Waals surface area contributed by atoms with E-state index in [0.29, 0.717) is 30.4 Å². The van der Waals surface area contributed by atoms with Crippen molar-refractivity contribution < 1.29 is 14.3 Å². The van der Waals surface area contributed by atoms with Crippen LogP contribution in [0.2, 0.25) is 0 Å². The average molecular weight is 377 g/mol. The fourth-order valence-electron chi connectivity index (χ4n) is 2.25. The highest BCUT2D eigenvalue weighted by Crippen LogP contribution is 2.29. The standard InChI is InChI=1S/C19H21BrO3/c1-3-14(2)16-6-4-5-7-18(16)22-10-11-23-19-9-8-15(13-21)12-17(19)20/h4-9,12-14H,3,10-11H2,1-2H3/t14-/m1/s1. The minimum Gasteiger partial charge on any atom is -0.490 e. The van der Waals surface area contributed by atoms with Gasteiger partial charge in [0.05, 0.1) is 4.47 Å². The molecule has 0 N–H and O–H groups in total. The number of carbonyl (C=O) groups is 1. The lowest BCUT2D eigenvalue weighted by atomic mass is 9.98. The van der Waals surface area contributed by atoms with Gasteiger partial charge in [-0.1, -0.05) is 32.0 Å². The second kappa shape index (κ2) is 8.73. The van der Waals surface area contributed by atoms with Crippen LogP contribution in [0.3, 0.4) is 0 Å². The molecule has 0 spiro atoms. The van der Waals surface area contributed by atoms with Gasteiger partial charge in [-0.05, 0) is 58.1 Å². The van der Waals surface area contributed by atoms with Crippen LogP contribution in [-0.4, -0.2) is 19.5 Å². The van der Waals surface area contributed by atoms with Crippen LogP contribution in [0.25, 0.3) is 0 Å². The topological polar surface area (TPSA) is 35.5 Å². The van der Waals surface area contributed by atoms with Gasteiger partial charge in [-0.15, -0.1) is 0 Å². The SMILES string of the molecule is CC[C@@H](C)c1ccccc1OCCOc1ccc(C=O)cc1Br. The largest absolute Gasteiger partial charge is 0.490 e. The van der Waals surface area contributed by atoms with Crippen LogP contribution in [0.5, 0.6) is 11.5 Å². The quantitative estimate of drug-likeness (QED) is 0.467. The van der Waals surface area contributed by atoms with E-state index in [4.69, 9.17) is 9.47 Å². The monoisotopic (exact) mass is 376 g/mol. The summed E-state index contributed by atoms with van der Waals surface area (Å²) in [4.78, 5) is 10.7. The maximum Gasteiger partial charge on any atom is 0.150 e. The van der Waals surface area contributed by atoms with E-state index in [-0.39, 0.29) is 0 Å². The maximum atomic E-state index is 10.7. The van der Waals surface area contributed by atoms with Crippen molar-refractivity contribution in [3.63, 3.8) is 0 Å². The van der Waals surface area contributed by atoms with E-state index >= 15 is 0 Å². The number of carbonyl (C=O) groups excluding carboxylic acids is 1. The molecular formula is C19H21BrO3. The molecule has 0 amide bonds. The molecule has 4 heteroatoms. The Morgan fingerprint density at radius 1 is 1.09 bits per heavy atom. The van der Waals surface area contributed by atoms with Crippen molar-refractivity contribution in [3.05, 3.63) is 58.1 Å². The molecule has 0 unspecified atom stereocenters. The number of aldehydes is 1. The fraction of sp³-hybridized carbons (Fsp3) is 0.316. The fourth-order valence-corrected chi connectivity index (χ4v) is 2.76. The molecule has 2 aromatic rings. The number of rotatable bonds is 8. The first-order valence-corrected chi connectivity index (χ1v) is 8.54. The molecular weight excluding hydrogens is 356 g/mol. The summed E-state index contributed by atoms with van der Waals surface area (Å²) < 4.78 is 12.3.